The Bertz CT molecular complexity index is 427. The lowest BCUT2D eigenvalue weighted by Gasteiger charge is -2.05. The Morgan fingerprint density at radius 1 is 1.47 bits per heavy atom. The number of carbonyl (C=O) groups excluding carboxylic acids is 1. The topological polar surface area (TPSA) is 42.0 Å². The van der Waals surface area contributed by atoms with Crippen molar-refractivity contribution < 1.29 is 18.0 Å². The van der Waals surface area contributed by atoms with Gasteiger partial charge in [0.05, 0.1) is 5.56 Å². The van der Waals surface area contributed by atoms with E-state index in [9.17, 15) is 18.0 Å². The normalized spacial score (nSPS) is 11.8. The number of amides is 1. The van der Waals surface area contributed by atoms with Gasteiger partial charge >= 0.3 is 6.18 Å². The Labute approximate surface area is 96.4 Å². The summed E-state index contributed by atoms with van der Waals surface area (Å²) in [7, 11) is 0. The highest BCUT2D eigenvalue weighted by molar-refractivity contribution is 5.73. The molecule has 0 radical (unpaired) electrons. The summed E-state index contributed by atoms with van der Waals surface area (Å²) in [5.41, 5.74) is -0.454. The fraction of sp³-hybridized carbons (Fsp3) is 0.273. The Morgan fingerprint density at radius 3 is 2.76 bits per heavy atom. The molecule has 1 N–H and O–H groups in total. The lowest BCUT2D eigenvalue weighted by Crippen LogP contribution is -2.19. The maximum atomic E-state index is 12.3. The molecule has 3 nitrogen and oxygen atoms in total. The van der Waals surface area contributed by atoms with Gasteiger partial charge in [-0.1, -0.05) is 12.2 Å². The third-order valence-corrected chi connectivity index (χ3v) is 1.87. The number of carbonyl (C=O) groups is 1. The molecule has 1 rings (SSSR count). The average molecular weight is 244 g/mol. The molecule has 0 atom stereocenters. The monoisotopic (exact) mass is 244 g/mol. The maximum absolute atomic E-state index is 12.3. The highest BCUT2D eigenvalue weighted by Gasteiger charge is 2.30. The molecule has 1 heterocycles. The first-order chi connectivity index (χ1) is 7.89. The number of halogens is 3. The lowest BCUT2D eigenvalue weighted by molar-refractivity contribution is -0.137. The molecule has 0 fully saturated rings. The van der Waals surface area contributed by atoms with Crippen molar-refractivity contribution in [2.24, 2.45) is 0 Å². The Hall–Kier alpha value is -1.85. The summed E-state index contributed by atoms with van der Waals surface area (Å²) in [5.74, 6) is -0.197. The molecule has 1 amide bonds. The standard InChI is InChI=1S/C11H11F3N2O/c1-8(17)16-4-2-3-9-5-10(7-15-6-9)11(12,13)14/h2-3,5-7H,4H2,1H3,(H,16,17). The predicted octanol–water partition coefficient (Wildman–Crippen LogP) is 2.25. The van der Waals surface area contributed by atoms with Crippen LogP contribution < -0.4 is 5.32 Å². The molecule has 0 spiro atoms. The van der Waals surface area contributed by atoms with Gasteiger partial charge in [-0.05, 0) is 11.6 Å². The summed E-state index contributed by atoms with van der Waals surface area (Å²) >= 11 is 0. The van der Waals surface area contributed by atoms with E-state index in [0.29, 0.717) is 5.56 Å². The Kier molecular flexibility index (Phi) is 4.25. The summed E-state index contributed by atoms with van der Waals surface area (Å²) in [4.78, 5) is 14.0. The summed E-state index contributed by atoms with van der Waals surface area (Å²) in [5, 5.41) is 2.49. The molecule has 17 heavy (non-hydrogen) atoms. The highest BCUT2D eigenvalue weighted by Crippen LogP contribution is 2.28. The van der Waals surface area contributed by atoms with Crippen molar-refractivity contribution in [3.63, 3.8) is 0 Å². The minimum atomic E-state index is -4.39. The fourth-order valence-corrected chi connectivity index (χ4v) is 1.10. The van der Waals surface area contributed by atoms with Crippen molar-refractivity contribution in [2.75, 3.05) is 6.54 Å². The fourth-order valence-electron chi connectivity index (χ4n) is 1.10. The molecule has 0 aromatic carbocycles. The van der Waals surface area contributed by atoms with Gasteiger partial charge in [0.1, 0.15) is 0 Å². The zero-order chi connectivity index (χ0) is 12.9. The van der Waals surface area contributed by atoms with E-state index in [4.69, 9.17) is 0 Å². The van der Waals surface area contributed by atoms with Crippen molar-refractivity contribution in [2.45, 2.75) is 13.1 Å². The summed E-state index contributed by atoms with van der Waals surface area (Å²) < 4.78 is 37.0. The number of alkyl halides is 3. The second-order valence-corrected chi connectivity index (χ2v) is 3.34. The molecule has 0 saturated heterocycles. The van der Waals surface area contributed by atoms with Gasteiger partial charge < -0.3 is 5.32 Å². The summed E-state index contributed by atoms with van der Waals surface area (Å²) in [6, 6.07) is 0.997. The summed E-state index contributed by atoms with van der Waals surface area (Å²) in [6.45, 7) is 1.63. The quantitative estimate of drug-likeness (QED) is 0.886. The third-order valence-electron chi connectivity index (χ3n) is 1.87. The zero-order valence-electron chi connectivity index (χ0n) is 9.08. The van der Waals surface area contributed by atoms with Crippen LogP contribution >= 0.6 is 0 Å². The van der Waals surface area contributed by atoms with Crippen molar-refractivity contribution in [3.8, 4) is 0 Å². The molecular formula is C11H11F3N2O. The van der Waals surface area contributed by atoms with E-state index < -0.39 is 11.7 Å². The zero-order valence-corrected chi connectivity index (χ0v) is 9.08. The first-order valence-electron chi connectivity index (χ1n) is 4.83. The van der Waals surface area contributed by atoms with E-state index in [1.54, 1.807) is 6.08 Å². The molecule has 0 unspecified atom stereocenters. The van der Waals surface area contributed by atoms with Crippen molar-refractivity contribution in [1.82, 2.24) is 10.3 Å². The van der Waals surface area contributed by atoms with E-state index >= 15 is 0 Å². The van der Waals surface area contributed by atoms with E-state index in [-0.39, 0.29) is 12.5 Å². The van der Waals surface area contributed by atoms with Gasteiger partial charge in [0.15, 0.2) is 0 Å². The molecule has 0 saturated carbocycles. The van der Waals surface area contributed by atoms with Crippen LogP contribution in [0.5, 0.6) is 0 Å². The van der Waals surface area contributed by atoms with E-state index in [1.165, 1.54) is 19.2 Å². The number of nitrogens with zero attached hydrogens (tertiary/aromatic N) is 1. The smallest absolute Gasteiger partial charge is 0.353 e. The Balaban J connectivity index is 2.69. The second-order valence-electron chi connectivity index (χ2n) is 3.34. The molecule has 0 aliphatic carbocycles. The van der Waals surface area contributed by atoms with Gasteiger partial charge in [0, 0.05) is 25.9 Å². The predicted molar refractivity (Wildman–Crippen MR) is 57.0 cm³/mol. The van der Waals surface area contributed by atoms with E-state index in [0.717, 1.165) is 12.3 Å². The first-order valence-corrected chi connectivity index (χ1v) is 4.83. The molecule has 92 valence electrons. The van der Waals surface area contributed by atoms with Crippen LogP contribution in [-0.2, 0) is 11.0 Å². The van der Waals surface area contributed by atoms with Crippen LogP contribution in [0.2, 0.25) is 0 Å². The number of pyridine rings is 1. The number of aromatic nitrogens is 1. The van der Waals surface area contributed by atoms with Crippen LogP contribution in [0.1, 0.15) is 18.1 Å². The molecule has 0 aliphatic heterocycles. The summed E-state index contributed by atoms with van der Waals surface area (Å²) in [6.07, 6.45) is 0.718. The van der Waals surface area contributed by atoms with Gasteiger partial charge in [-0.2, -0.15) is 13.2 Å². The molecule has 1 aromatic heterocycles. The van der Waals surface area contributed by atoms with Crippen LogP contribution in [0.4, 0.5) is 13.2 Å². The van der Waals surface area contributed by atoms with Crippen molar-refractivity contribution in [3.05, 3.63) is 35.7 Å². The number of nitrogens with one attached hydrogen (secondary N) is 1. The molecule has 1 aromatic rings. The van der Waals surface area contributed by atoms with E-state index in [2.05, 4.69) is 10.3 Å². The second kappa shape index (κ2) is 5.47. The molecule has 0 aliphatic rings. The molecule has 0 bridgehead atoms. The third kappa shape index (κ3) is 4.67. The van der Waals surface area contributed by atoms with E-state index in [1.807, 2.05) is 0 Å². The van der Waals surface area contributed by atoms with Gasteiger partial charge in [0.25, 0.3) is 0 Å². The van der Waals surface area contributed by atoms with Crippen LogP contribution in [0, 0.1) is 0 Å². The van der Waals surface area contributed by atoms with Gasteiger partial charge in [-0.25, -0.2) is 0 Å². The maximum Gasteiger partial charge on any atom is 0.417 e. The number of hydrogen-bond donors (Lipinski definition) is 1. The number of hydrogen-bond acceptors (Lipinski definition) is 2. The van der Waals surface area contributed by atoms with Crippen LogP contribution in [-0.4, -0.2) is 17.4 Å². The van der Waals surface area contributed by atoms with Crippen molar-refractivity contribution in [1.29, 1.82) is 0 Å². The first kappa shape index (κ1) is 13.2. The minimum Gasteiger partial charge on any atom is -0.353 e. The van der Waals surface area contributed by atoms with Crippen LogP contribution in [0.3, 0.4) is 0 Å². The average Bonchev–Trinajstić information content (AvgIpc) is 2.23. The van der Waals surface area contributed by atoms with Gasteiger partial charge in [-0.3, -0.25) is 9.78 Å². The van der Waals surface area contributed by atoms with Crippen LogP contribution in [0.15, 0.2) is 24.5 Å². The Morgan fingerprint density at radius 2 is 2.18 bits per heavy atom. The molecule has 6 heteroatoms. The largest absolute Gasteiger partial charge is 0.417 e. The van der Waals surface area contributed by atoms with Gasteiger partial charge in [0.2, 0.25) is 5.91 Å². The molecular weight excluding hydrogens is 233 g/mol. The highest BCUT2D eigenvalue weighted by atomic mass is 19.4. The lowest BCUT2D eigenvalue weighted by atomic mass is 10.2. The van der Waals surface area contributed by atoms with Gasteiger partial charge in [-0.15, -0.1) is 0 Å². The van der Waals surface area contributed by atoms with Crippen molar-refractivity contribution >= 4 is 12.0 Å². The van der Waals surface area contributed by atoms with Crippen LogP contribution in [0.25, 0.3) is 6.08 Å². The number of rotatable bonds is 3. The minimum absolute atomic E-state index is 0.197. The SMILES string of the molecule is CC(=O)NCC=Cc1cncc(C(F)(F)F)c1.